The number of methoxy groups -OCH3 is 1. The molecule has 5 nitrogen and oxygen atoms in total. The van der Waals surface area contributed by atoms with Crippen LogP contribution < -0.4 is 10.6 Å². The van der Waals surface area contributed by atoms with Gasteiger partial charge in [-0.1, -0.05) is 60.1 Å². The number of hydrogen-bond acceptors (Lipinski definition) is 4. The summed E-state index contributed by atoms with van der Waals surface area (Å²) in [5.74, 6) is -0.496. The molecule has 1 aliphatic heterocycles. The van der Waals surface area contributed by atoms with Gasteiger partial charge < -0.3 is 4.74 Å². The fraction of sp³-hybridized carbons (Fsp3) is 0.167. The number of hydrogen-bond donors (Lipinski definition) is 0. The van der Waals surface area contributed by atoms with Gasteiger partial charge in [0.05, 0.1) is 13.4 Å². The van der Waals surface area contributed by atoms with Gasteiger partial charge in [-0.05, 0) is 48.9 Å². The van der Waals surface area contributed by atoms with Crippen molar-refractivity contribution in [1.82, 2.24) is 4.67 Å². The highest BCUT2D eigenvalue weighted by Crippen LogP contribution is 2.56. The molecule has 0 saturated heterocycles. The largest absolute Gasteiger partial charge is 0.467 e. The monoisotopic (exact) mass is 452 g/mol. The van der Waals surface area contributed by atoms with Gasteiger partial charge in [0.1, 0.15) is 5.54 Å². The third-order valence-corrected chi connectivity index (χ3v) is 9.08. The van der Waals surface area contributed by atoms with E-state index < -0.39 is 24.8 Å². The fourth-order valence-electron chi connectivity index (χ4n) is 4.02. The van der Waals surface area contributed by atoms with Crippen molar-refractivity contribution in [2.75, 3.05) is 7.11 Å². The number of nitrogens with zero attached hydrogens (tertiary/aromatic N) is 2. The SMILES string of the molecule is COC(=O)[C@@H]1N=CN(P(=O)(c2ccccc2)c2ccccc2)[C@@]1(C)c1ccc(Cl)cc1. The molecule has 7 heteroatoms. The second kappa shape index (κ2) is 8.33. The zero-order chi connectivity index (χ0) is 22.1. The quantitative estimate of drug-likeness (QED) is 0.426. The molecule has 1 aliphatic rings. The van der Waals surface area contributed by atoms with Crippen LogP contribution in [0, 0.1) is 0 Å². The lowest BCUT2D eigenvalue weighted by Crippen LogP contribution is -2.50. The van der Waals surface area contributed by atoms with Gasteiger partial charge in [0, 0.05) is 15.6 Å². The third-order valence-electron chi connectivity index (χ3n) is 5.70. The number of rotatable bonds is 5. The Bertz CT molecular complexity index is 1110. The van der Waals surface area contributed by atoms with Crippen molar-refractivity contribution < 1.29 is 14.1 Å². The Balaban J connectivity index is 1.98. The van der Waals surface area contributed by atoms with Crippen LogP contribution >= 0.6 is 18.9 Å². The molecule has 3 aromatic rings. The van der Waals surface area contributed by atoms with E-state index in [9.17, 15) is 9.36 Å². The first kappa shape index (κ1) is 21.4. The van der Waals surface area contributed by atoms with E-state index in [0.29, 0.717) is 15.6 Å². The van der Waals surface area contributed by atoms with Crippen LogP contribution in [-0.4, -0.2) is 30.1 Å². The molecular formula is C24H22ClN2O3P. The van der Waals surface area contributed by atoms with Crippen molar-refractivity contribution >= 4 is 41.8 Å². The van der Waals surface area contributed by atoms with Crippen LogP contribution in [0.1, 0.15) is 12.5 Å². The predicted octanol–water partition coefficient (Wildman–Crippen LogP) is 4.37. The van der Waals surface area contributed by atoms with Gasteiger partial charge in [0.2, 0.25) is 7.29 Å². The molecule has 0 aromatic heterocycles. The number of ether oxygens (including phenoxy) is 1. The molecule has 0 radical (unpaired) electrons. The van der Waals surface area contributed by atoms with E-state index in [1.807, 2.05) is 79.7 Å². The normalized spacial score (nSPS) is 20.6. The van der Waals surface area contributed by atoms with Gasteiger partial charge in [0.15, 0.2) is 6.04 Å². The van der Waals surface area contributed by atoms with E-state index in [1.54, 1.807) is 16.8 Å². The minimum atomic E-state index is -3.41. The molecule has 31 heavy (non-hydrogen) atoms. The molecule has 0 N–H and O–H groups in total. The summed E-state index contributed by atoms with van der Waals surface area (Å²) in [5.41, 5.74) is -0.296. The minimum Gasteiger partial charge on any atom is -0.467 e. The van der Waals surface area contributed by atoms with E-state index in [4.69, 9.17) is 16.3 Å². The molecule has 4 rings (SSSR count). The van der Waals surface area contributed by atoms with E-state index in [0.717, 1.165) is 5.56 Å². The Morgan fingerprint density at radius 2 is 1.48 bits per heavy atom. The van der Waals surface area contributed by atoms with Crippen LogP contribution in [0.4, 0.5) is 0 Å². The van der Waals surface area contributed by atoms with E-state index in [-0.39, 0.29) is 0 Å². The first-order valence-corrected chi connectivity index (χ1v) is 11.8. The number of halogens is 1. The summed E-state index contributed by atoms with van der Waals surface area (Å²) in [6.07, 6.45) is 1.52. The third kappa shape index (κ3) is 3.48. The molecule has 158 valence electrons. The summed E-state index contributed by atoms with van der Waals surface area (Å²) in [5, 5.41) is 1.87. The first-order chi connectivity index (χ1) is 14.9. The molecule has 1 heterocycles. The van der Waals surface area contributed by atoms with Crippen molar-refractivity contribution in [3.8, 4) is 0 Å². The average molecular weight is 453 g/mol. The van der Waals surface area contributed by atoms with Gasteiger partial charge in [-0.3, -0.25) is 14.2 Å². The van der Waals surface area contributed by atoms with Crippen molar-refractivity contribution in [2.24, 2.45) is 4.99 Å². The molecule has 0 aliphatic carbocycles. The maximum absolute atomic E-state index is 15.0. The van der Waals surface area contributed by atoms with Gasteiger partial charge in [-0.2, -0.15) is 0 Å². The van der Waals surface area contributed by atoms with Crippen molar-refractivity contribution in [3.05, 3.63) is 95.5 Å². The fourth-order valence-corrected chi connectivity index (χ4v) is 7.11. The highest BCUT2D eigenvalue weighted by atomic mass is 35.5. The Hall–Kier alpha value is -2.88. The second-order valence-corrected chi connectivity index (χ2v) is 10.5. The molecular weight excluding hydrogens is 431 g/mol. The summed E-state index contributed by atoms with van der Waals surface area (Å²) < 4.78 is 21.8. The van der Waals surface area contributed by atoms with Crippen LogP contribution in [0.5, 0.6) is 0 Å². The van der Waals surface area contributed by atoms with Crippen LogP contribution in [0.2, 0.25) is 5.02 Å². The first-order valence-electron chi connectivity index (χ1n) is 9.80. The molecule has 0 spiro atoms. The number of benzene rings is 3. The van der Waals surface area contributed by atoms with Gasteiger partial charge in [0.25, 0.3) is 0 Å². The van der Waals surface area contributed by atoms with Gasteiger partial charge >= 0.3 is 5.97 Å². The van der Waals surface area contributed by atoms with Crippen LogP contribution in [0.3, 0.4) is 0 Å². The summed E-state index contributed by atoms with van der Waals surface area (Å²) >= 11 is 6.12. The average Bonchev–Trinajstić information content (AvgIpc) is 3.18. The van der Waals surface area contributed by atoms with Crippen LogP contribution in [0.15, 0.2) is 89.9 Å². The summed E-state index contributed by atoms with van der Waals surface area (Å²) in [7, 11) is -2.08. The molecule has 3 aromatic carbocycles. The number of carbonyl (C=O) groups is 1. The van der Waals surface area contributed by atoms with Crippen LogP contribution in [0.25, 0.3) is 0 Å². The molecule has 0 unspecified atom stereocenters. The molecule has 0 bridgehead atoms. The molecule has 0 fully saturated rings. The van der Waals surface area contributed by atoms with Gasteiger partial charge in [-0.25, -0.2) is 4.79 Å². The molecule has 0 amide bonds. The van der Waals surface area contributed by atoms with Gasteiger partial charge in [-0.15, -0.1) is 0 Å². The lowest BCUT2D eigenvalue weighted by molar-refractivity contribution is -0.144. The summed E-state index contributed by atoms with van der Waals surface area (Å²) in [6, 6.07) is 24.8. The van der Waals surface area contributed by atoms with Crippen molar-refractivity contribution in [2.45, 2.75) is 18.5 Å². The zero-order valence-electron chi connectivity index (χ0n) is 17.2. The lowest BCUT2D eigenvalue weighted by Gasteiger charge is -2.43. The topological polar surface area (TPSA) is 59.0 Å². The Morgan fingerprint density at radius 1 is 0.968 bits per heavy atom. The highest BCUT2D eigenvalue weighted by molar-refractivity contribution is 7.77. The maximum Gasteiger partial charge on any atom is 0.333 e. The zero-order valence-corrected chi connectivity index (χ0v) is 18.8. The standard InChI is InChI=1S/C24H22ClN2O3P/c1-24(18-13-15-19(25)16-14-18)22(23(28)30-2)26-17-27(24)31(29,20-9-5-3-6-10-20)21-11-7-4-8-12-21/h3-17,22H,1-2H3/t22-,24-/m0/s1. The van der Waals surface area contributed by atoms with Crippen molar-refractivity contribution in [1.29, 1.82) is 0 Å². The highest BCUT2D eigenvalue weighted by Gasteiger charge is 2.55. The van der Waals surface area contributed by atoms with E-state index in [1.165, 1.54) is 13.4 Å². The van der Waals surface area contributed by atoms with E-state index in [2.05, 4.69) is 4.99 Å². The predicted molar refractivity (Wildman–Crippen MR) is 125 cm³/mol. The summed E-state index contributed by atoms with van der Waals surface area (Å²) in [4.78, 5) is 17.2. The number of aliphatic imine (C=N–C) groups is 1. The second-order valence-electron chi connectivity index (χ2n) is 7.44. The lowest BCUT2D eigenvalue weighted by atomic mass is 9.85. The molecule has 0 saturated carbocycles. The van der Waals surface area contributed by atoms with Crippen molar-refractivity contribution in [3.63, 3.8) is 0 Å². The van der Waals surface area contributed by atoms with E-state index >= 15 is 0 Å². The smallest absolute Gasteiger partial charge is 0.333 e. The maximum atomic E-state index is 15.0. The number of esters is 1. The Kier molecular flexibility index (Phi) is 5.74. The summed E-state index contributed by atoms with van der Waals surface area (Å²) in [6.45, 7) is 1.86. The van der Waals surface area contributed by atoms with Crippen LogP contribution in [-0.2, 0) is 19.6 Å². The Labute approximate surface area is 186 Å². The molecule has 2 atom stereocenters. The minimum absolute atomic E-state index is 0.496. The Morgan fingerprint density at radius 3 is 1.97 bits per heavy atom. The number of carbonyl (C=O) groups excluding carboxylic acids is 1.